The van der Waals surface area contributed by atoms with Crippen molar-refractivity contribution in [3.63, 3.8) is 0 Å². The highest BCUT2D eigenvalue weighted by molar-refractivity contribution is 4.82. The van der Waals surface area contributed by atoms with Crippen LogP contribution >= 0.6 is 0 Å². The second-order valence-electron chi connectivity index (χ2n) is 5.26. The maximum atomic E-state index is 9.69. The van der Waals surface area contributed by atoms with Crippen molar-refractivity contribution in [3.8, 4) is 0 Å². The van der Waals surface area contributed by atoms with E-state index in [4.69, 9.17) is 0 Å². The Hall–Kier alpha value is -0.0800. The first-order chi connectivity index (χ1) is 7.77. The molecule has 0 bridgehead atoms. The summed E-state index contributed by atoms with van der Waals surface area (Å²) in [4.78, 5) is 0. The van der Waals surface area contributed by atoms with E-state index in [1.807, 2.05) is 0 Å². The molecular formula is C14H29NO. The average molecular weight is 227 g/mol. The van der Waals surface area contributed by atoms with E-state index in [-0.39, 0.29) is 6.10 Å². The lowest BCUT2D eigenvalue weighted by molar-refractivity contribution is 0.148. The maximum absolute atomic E-state index is 9.69. The molecule has 1 aliphatic rings. The van der Waals surface area contributed by atoms with E-state index in [9.17, 15) is 5.11 Å². The van der Waals surface area contributed by atoms with Crippen LogP contribution in [0.15, 0.2) is 0 Å². The van der Waals surface area contributed by atoms with Crippen molar-refractivity contribution >= 4 is 0 Å². The van der Waals surface area contributed by atoms with Crippen LogP contribution in [0.1, 0.15) is 65.2 Å². The predicted molar refractivity (Wildman–Crippen MR) is 69.6 cm³/mol. The van der Waals surface area contributed by atoms with Crippen LogP contribution in [0.3, 0.4) is 0 Å². The van der Waals surface area contributed by atoms with E-state index in [0.717, 1.165) is 25.3 Å². The Morgan fingerprint density at radius 3 is 2.62 bits per heavy atom. The van der Waals surface area contributed by atoms with Gasteiger partial charge in [-0.1, -0.05) is 39.5 Å². The van der Waals surface area contributed by atoms with Crippen LogP contribution in [-0.4, -0.2) is 23.8 Å². The van der Waals surface area contributed by atoms with Gasteiger partial charge in [-0.05, 0) is 38.1 Å². The first-order valence-electron chi connectivity index (χ1n) is 7.19. The second-order valence-corrected chi connectivity index (χ2v) is 5.26. The van der Waals surface area contributed by atoms with Crippen LogP contribution in [0, 0.1) is 5.92 Å². The number of rotatable bonds is 8. The van der Waals surface area contributed by atoms with Gasteiger partial charge in [0.25, 0.3) is 0 Å². The van der Waals surface area contributed by atoms with Gasteiger partial charge in [-0.15, -0.1) is 0 Å². The smallest absolute Gasteiger partial charge is 0.0693 e. The minimum absolute atomic E-state index is 0.0873. The fourth-order valence-electron chi connectivity index (χ4n) is 2.70. The molecule has 1 rings (SSSR count). The summed E-state index contributed by atoms with van der Waals surface area (Å²) in [5, 5.41) is 13.2. The lowest BCUT2D eigenvalue weighted by Gasteiger charge is -2.19. The second kappa shape index (κ2) is 8.08. The summed E-state index contributed by atoms with van der Waals surface area (Å²) in [5.41, 5.74) is 0. The van der Waals surface area contributed by atoms with Gasteiger partial charge < -0.3 is 10.4 Å². The summed E-state index contributed by atoms with van der Waals surface area (Å²) in [7, 11) is 0. The van der Waals surface area contributed by atoms with Gasteiger partial charge in [0.1, 0.15) is 0 Å². The first-order valence-corrected chi connectivity index (χ1v) is 7.19. The Kier molecular flexibility index (Phi) is 7.06. The standard InChI is InChI=1S/C14H29NO/c1-3-5-7-12(4-2)10-11-15-13-8-6-9-14(13)16/h12-16H,3-11H2,1-2H3. The van der Waals surface area contributed by atoms with E-state index < -0.39 is 0 Å². The van der Waals surface area contributed by atoms with Crippen molar-refractivity contribution in [3.05, 3.63) is 0 Å². The molecule has 2 nitrogen and oxygen atoms in total. The molecule has 1 fully saturated rings. The SMILES string of the molecule is CCCCC(CC)CCNC1CCCC1O. The zero-order valence-electron chi connectivity index (χ0n) is 11.0. The van der Waals surface area contributed by atoms with Crippen LogP contribution in [0.5, 0.6) is 0 Å². The molecule has 3 atom stereocenters. The lowest BCUT2D eigenvalue weighted by Crippen LogP contribution is -2.36. The Labute approximate surface area is 101 Å². The summed E-state index contributed by atoms with van der Waals surface area (Å²) in [5.74, 6) is 0.881. The van der Waals surface area contributed by atoms with E-state index in [2.05, 4.69) is 19.2 Å². The molecule has 0 aromatic rings. The normalized spacial score (nSPS) is 27.2. The largest absolute Gasteiger partial charge is 0.392 e. The highest BCUT2D eigenvalue weighted by atomic mass is 16.3. The molecule has 1 saturated carbocycles. The quantitative estimate of drug-likeness (QED) is 0.668. The Bertz CT molecular complexity index is 172. The van der Waals surface area contributed by atoms with Crippen LogP contribution in [0.25, 0.3) is 0 Å². The highest BCUT2D eigenvalue weighted by Crippen LogP contribution is 2.20. The molecule has 0 aromatic heterocycles. The molecule has 0 amide bonds. The summed E-state index contributed by atoms with van der Waals surface area (Å²) in [6.07, 6.45) is 9.88. The van der Waals surface area contributed by atoms with Crippen molar-refractivity contribution < 1.29 is 5.11 Å². The summed E-state index contributed by atoms with van der Waals surface area (Å²) in [6, 6.07) is 0.378. The summed E-state index contributed by atoms with van der Waals surface area (Å²) >= 11 is 0. The van der Waals surface area contributed by atoms with E-state index in [1.54, 1.807) is 0 Å². The third kappa shape index (κ3) is 4.84. The van der Waals surface area contributed by atoms with Gasteiger partial charge in [0, 0.05) is 6.04 Å². The molecule has 0 spiro atoms. The predicted octanol–water partition coefficient (Wildman–Crippen LogP) is 3.10. The van der Waals surface area contributed by atoms with Crippen molar-refractivity contribution in [1.82, 2.24) is 5.32 Å². The van der Waals surface area contributed by atoms with Gasteiger partial charge in [-0.2, -0.15) is 0 Å². The molecule has 2 N–H and O–H groups in total. The van der Waals surface area contributed by atoms with Crippen molar-refractivity contribution in [2.24, 2.45) is 5.92 Å². The van der Waals surface area contributed by atoms with Crippen LogP contribution < -0.4 is 5.32 Å². The third-order valence-corrected chi connectivity index (χ3v) is 3.98. The monoisotopic (exact) mass is 227 g/mol. The topological polar surface area (TPSA) is 32.3 Å². The van der Waals surface area contributed by atoms with Gasteiger partial charge in [0.05, 0.1) is 6.10 Å². The molecule has 2 heteroatoms. The first kappa shape index (κ1) is 14.0. The highest BCUT2D eigenvalue weighted by Gasteiger charge is 2.24. The summed E-state index contributed by atoms with van der Waals surface area (Å²) in [6.45, 7) is 5.65. The number of aliphatic hydroxyl groups is 1. The molecule has 0 aliphatic heterocycles. The number of nitrogens with one attached hydrogen (secondary N) is 1. The maximum Gasteiger partial charge on any atom is 0.0693 e. The van der Waals surface area contributed by atoms with Crippen molar-refractivity contribution in [2.75, 3.05) is 6.54 Å². The zero-order chi connectivity index (χ0) is 11.8. The van der Waals surface area contributed by atoms with Gasteiger partial charge in [0.2, 0.25) is 0 Å². The van der Waals surface area contributed by atoms with Crippen molar-refractivity contribution in [1.29, 1.82) is 0 Å². The summed E-state index contributed by atoms with van der Waals surface area (Å²) < 4.78 is 0. The number of hydrogen-bond acceptors (Lipinski definition) is 2. The Morgan fingerprint density at radius 2 is 2.06 bits per heavy atom. The Morgan fingerprint density at radius 1 is 1.25 bits per heavy atom. The van der Waals surface area contributed by atoms with Gasteiger partial charge in [-0.25, -0.2) is 0 Å². The van der Waals surface area contributed by atoms with Gasteiger partial charge in [-0.3, -0.25) is 0 Å². The van der Waals surface area contributed by atoms with Crippen LogP contribution in [-0.2, 0) is 0 Å². The number of unbranched alkanes of at least 4 members (excludes halogenated alkanes) is 1. The molecular weight excluding hydrogens is 198 g/mol. The fourth-order valence-corrected chi connectivity index (χ4v) is 2.70. The number of hydrogen-bond donors (Lipinski definition) is 2. The lowest BCUT2D eigenvalue weighted by atomic mass is 9.96. The minimum Gasteiger partial charge on any atom is -0.392 e. The van der Waals surface area contributed by atoms with Crippen molar-refractivity contribution in [2.45, 2.75) is 77.4 Å². The van der Waals surface area contributed by atoms with Gasteiger partial charge >= 0.3 is 0 Å². The Balaban J connectivity index is 2.08. The van der Waals surface area contributed by atoms with E-state index in [1.165, 1.54) is 38.5 Å². The van der Waals surface area contributed by atoms with Crippen LogP contribution in [0.4, 0.5) is 0 Å². The minimum atomic E-state index is -0.0873. The van der Waals surface area contributed by atoms with E-state index in [0.29, 0.717) is 6.04 Å². The zero-order valence-corrected chi connectivity index (χ0v) is 11.0. The van der Waals surface area contributed by atoms with Crippen LogP contribution in [0.2, 0.25) is 0 Å². The molecule has 0 saturated heterocycles. The molecule has 0 heterocycles. The molecule has 0 radical (unpaired) electrons. The third-order valence-electron chi connectivity index (χ3n) is 3.98. The van der Waals surface area contributed by atoms with E-state index >= 15 is 0 Å². The average Bonchev–Trinajstić information content (AvgIpc) is 2.69. The number of aliphatic hydroxyl groups excluding tert-OH is 1. The molecule has 96 valence electrons. The molecule has 1 aliphatic carbocycles. The fraction of sp³-hybridized carbons (Fsp3) is 1.00. The van der Waals surface area contributed by atoms with Gasteiger partial charge in [0.15, 0.2) is 0 Å². The molecule has 16 heavy (non-hydrogen) atoms. The molecule has 3 unspecified atom stereocenters. The molecule has 0 aromatic carbocycles.